The van der Waals surface area contributed by atoms with E-state index in [0.29, 0.717) is 11.3 Å². The number of aromatic nitrogens is 2. The lowest BCUT2D eigenvalue weighted by Gasteiger charge is -2.08. The summed E-state index contributed by atoms with van der Waals surface area (Å²) >= 11 is 5.87. The monoisotopic (exact) mass is 372 g/mol. The van der Waals surface area contributed by atoms with E-state index in [4.69, 9.17) is 11.6 Å². The maximum absolute atomic E-state index is 12.5. The van der Waals surface area contributed by atoms with Crippen molar-refractivity contribution in [3.63, 3.8) is 0 Å². The summed E-state index contributed by atoms with van der Waals surface area (Å²) in [5, 5.41) is 0.211. The highest BCUT2D eigenvalue weighted by molar-refractivity contribution is 7.90. The largest absolute Gasteiger partial charge is 0.226 e. The number of aryl methyl sites for hydroxylation is 1. The van der Waals surface area contributed by atoms with Crippen LogP contribution in [-0.4, -0.2) is 18.4 Å². The van der Waals surface area contributed by atoms with Gasteiger partial charge in [0, 0.05) is 12.6 Å². The maximum atomic E-state index is 12.5. The molecule has 0 aliphatic rings. The van der Waals surface area contributed by atoms with Crippen LogP contribution < -0.4 is 0 Å². The molecular formula is C19H17ClN2O2S. The molecule has 0 N–H and O–H groups in total. The van der Waals surface area contributed by atoms with E-state index >= 15 is 0 Å². The van der Waals surface area contributed by atoms with Crippen molar-refractivity contribution in [2.24, 2.45) is 0 Å². The Labute approximate surface area is 152 Å². The van der Waals surface area contributed by atoms with Gasteiger partial charge in [0.15, 0.2) is 9.84 Å². The molecule has 25 heavy (non-hydrogen) atoms. The summed E-state index contributed by atoms with van der Waals surface area (Å²) in [6, 6.07) is 16.0. The van der Waals surface area contributed by atoms with Crippen molar-refractivity contribution in [1.82, 2.24) is 9.97 Å². The van der Waals surface area contributed by atoms with Crippen LogP contribution in [0.5, 0.6) is 0 Å². The molecule has 3 aromatic rings. The third-order valence-corrected chi connectivity index (χ3v) is 5.75. The lowest BCUT2D eigenvalue weighted by Crippen LogP contribution is -2.05. The third kappa shape index (κ3) is 4.44. The second-order valence-electron chi connectivity index (χ2n) is 5.84. The average Bonchev–Trinajstić information content (AvgIpc) is 2.59. The molecule has 1 heterocycles. The van der Waals surface area contributed by atoms with E-state index in [2.05, 4.69) is 9.97 Å². The molecule has 0 saturated heterocycles. The van der Waals surface area contributed by atoms with Crippen molar-refractivity contribution in [1.29, 1.82) is 0 Å². The van der Waals surface area contributed by atoms with Crippen LogP contribution in [0.3, 0.4) is 0 Å². The van der Waals surface area contributed by atoms with Gasteiger partial charge in [-0.1, -0.05) is 42.5 Å². The topological polar surface area (TPSA) is 59.9 Å². The number of halogens is 1. The van der Waals surface area contributed by atoms with Crippen molar-refractivity contribution in [2.75, 3.05) is 0 Å². The second-order valence-corrected chi connectivity index (χ2v) is 8.17. The smallest absolute Gasteiger partial charge is 0.222 e. The number of rotatable bonds is 5. The first-order valence-corrected chi connectivity index (χ1v) is 9.81. The summed E-state index contributed by atoms with van der Waals surface area (Å²) in [4.78, 5) is 8.54. The van der Waals surface area contributed by atoms with Crippen LogP contribution in [0.25, 0.3) is 0 Å². The molecule has 2 aromatic carbocycles. The van der Waals surface area contributed by atoms with Crippen LogP contribution in [-0.2, 0) is 22.0 Å². The van der Waals surface area contributed by atoms with Gasteiger partial charge >= 0.3 is 0 Å². The lowest BCUT2D eigenvalue weighted by atomic mass is 10.0. The van der Waals surface area contributed by atoms with Crippen molar-refractivity contribution >= 4 is 21.4 Å². The third-order valence-electron chi connectivity index (χ3n) is 3.87. The van der Waals surface area contributed by atoms with Crippen molar-refractivity contribution in [3.8, 4) is 0 Å². The molecule has 0 amide bonds. The van der Waals surface area contributed by atoms with Crippen LogP contribution in [0, 0.1) is 6.92 Å². The van der Waals surface area contributed by atoms with Crippen LogP contribution >= 0.6 is 11.6 Å². The van der Waals surface area contributed by atoms with E-state index in [1.165, 1.54) is 0 Å². The Hall–Kier alpha value is -2.24. The minimum Gasteiger partial charge on any atom is -0.226 e. The second kappa shape index (κ2) is 7.33. The molecule has 0 aliphatic heterocycles. The summed E-state index contributed by atoms with van der Waals surface area (Å²) in [5.74, 6) is -0.0334. The van der Waals surface area contributed by atoms with Crippen LogP contribution in [0.15, 0.2) is 65.7 Å². The van der Waals surface area contributed by atoms with E-state index in [1.807, 2.05) is 31.2 Å². The summed E-state index contributed by atoms with van der Waals surface area (Å²) in [5.41, 5.74) is 3.52. The Morgan fingerprint density at radius 3 is 2.48 bits per heavy atom. The molecule has 0 radical (unpaired) electrons. The minimum atomic E-state index is -3.36. The zero-order chi connectivity index (χ0) is 17.9. The first kappa shape index (κ1) is 17.6. The van der Waals surface area contributed by atoms with Gasteiger partial charge in [0.2, 0.25) is 5.28 Å². The van der Waals surface area contributed by atoms with Crippen LogP contribution in [0.2, 0.25) is 5.28 Å². The summed E-state index contributed by atoms with van der Waals surface area (Å²) < 4.78 is 25.1. The Balaban J connectivity index is 1.83. The molecule has 6 heteroatoms. The van der Waals surface area contributed by atoms with Gasteiger partial charge in [-0.2, -0.15) is 0 Å². The molecule has 1 aromatic heterocycles. The highest BCUT2D eigenvalue weighted by Gasteiger charge is 2.15. The van der Waals surface area contributed by atoms with Crippen molar-refractivity contribution in [2.45, 2.75) is 24.0 Å². The predicted octanol–water partition coefficient (Wildman–Crippen LogP) is 4.00. The first-order chi connectivity index (χ1) is 11.9. The average molecular weight is 373 g/mol. The molecule has 3 rings (SSSR count). The zero-order valence-electron chi connectivity index (χ0n) is 13.7. The standard InChI is InChI=1S/C19H17ClN2O2S/c1-14-12-21-19(20)22-18(14)11-15-6-5-7-16(10-15)13-25(23,24)17-8-3-2-4-9-17/h2-10,12H,11,13H2,1H3. The maximum Gasteiger partial charge on any atom is 0.222 e. The predicted molar refractivity (Wildman–Crippen MR) is 98.4 cm³/mol. The normalized spacial score (nSPS) is 11.4. The highest BCUT2D eigenvalue weighted by atomic mass is 35.5. The summed E-state index contributed by atoms with van der Waals surface area (Å²) in [6.45, 7) is 1.93. The fourth-order valence-electron chi connectivity index (χ4n) is 2.59. The molecule has 0 fully saturated rings. The van der Waals surface area contributed by atoms with Gasteiger partial charge in [-0.3, -0.25) is 0 Å². The Bertz CT molecular complexity index is 989. The number of sulfone groups is 1. The van der Waals surface area contributed by atoms with E-state index in [-0.39, 0.29) is 11.0 Å². The van der Waals surface area contributed by atoms with Crippen LogP contribution in [0.1, 0.15) is 22.4 Å². The number of hydrogen-bond acceptors (Lipinski definition) is 4. The van der Waals surface area contributed by atoms with Gasteiger partial charge in [0.05, 0.1) is 16.3 Å². The molecule has 4 nitrogen and oxygen atoms in total. The number of benzene rings is 2. The summed E-state index contributed by atoms with van der Waals surface area (Å²) in [6.07, 6.45) is 2.27. The van der Waals surface area contributed by atoms with E-state index in [9.17, 15) is 8.42 Å². The molecule has 0 bridgehead atoms. The first-order valence-electron chi connectivity index (χ1n) is 7.78. The van der Waals surface area contributed by atoms with Crippen LogP contribution in [0.4, 0.5) is 0 Å². The van der Waals surface area contributed by atoms with Gasteiger partial charge < -0.3 is 0 Å². The summed E-state index contributed by atoms with van der Waals surface area (Å²) in [7, 11) is -3.36. The lowest BCUT2D eigenvalue weighted by molar-refractivity contribution is 0.595. The Kier molecular flexibility index (Phi) is 5.16. The van der Waals surface area contributed by atoms with Crippen molar-refractivity contribution in [3.05, 3.63) is 88.5 Å². The molecule has 0 spiro atoms. The fraction of sp³-hybridized carbons (Fsp3) is 0.158. The zero-order valence-corrected chi connectivity index (χ0v) is 15.3. The minimum absolute atomic E-state index is 0.0334. The Morgan fingerprint density at radius 1 is 1.00 bits per heavy atom. The highest BCUT2D eigenvalue weighted by Crippen LogP contribution is 2.19. The molecule has 0 saturated carbocycles. The Morgan fingerprint density at radius 2 is 1.72 bits per heavy atom. The van der Waals surface area contributed by atoms with Gasteiger partial charge in [-0.25, -0.2) is 18.4 Å². The molecule has 0 unspecified atom stereocenters. The van der Waals surface area contributed by atoms with Gasteiger partial charge in [-0.15, -0.1) is 0 Å². The van der Waals surface area contributed by atoms with Gasteiger partial charge in [0.25, 0.3) is 0 Å². The van der Waals surface area contributed by atoms with Gasteiger partial charge in [0.1, 0.15) is 0 Å². The SMILES string of the molecule is Cc1cnc(Cl)nc1Cc1cccc(CS(=O)(=O)c2ccccc2)c1. The quantitative estimate of drug-likeness (QED) is 0.635. The fourth-order valence-corrected chi connectivity index (χ4v) is 4.09. The molecule has 0 aliphatic carbocycles. The number of hydrogen-bond donors (Lipinski definition) is 0. The van der Waals surface area contributed by atoms with Crippen molar-refractivity contribution < 1.29 is 8.42 Å². The van der Waals surface area contributed by atoms with E-state index in [1.54, 1.807) is 36.5 Å². The molecular weight excluding hydrogens is 356 g/mol. The number of nitrogens with zero attached hydrogens (tertiary/aromatic N) is 2. The van der Waals surface area contributed by atoms with Gasteiger partial charge in [-0.05, 0) is 47.3 Å². The van der Waals surface area contributed by atoms with E-state index < -0.39 is 9.84 Å². The molecule has 0 atom stereocenters. The van der Waals surface area contributed by atoms with E-state index in [0.717, 1.165) is 22.4 Å². The molecule has 128 valence electrons.